The molecule has 1 aliphatic rings. The molecular weight excluding hydrogens is 427 g/mol. The van der Waals surface area contributed by atoms with Crippen molar-refractivity contribution < 1.29 is 28.2 Å². The Bertz CT molecular complexity index is 914. The van der Waals surface area contributed by atoms with Crippen LogP contribution in [0.4, 0.5) is 4.39 Å². The number of ether oxygens (including phenoxy) is 3. The van der Waals surface area contributed by atoms with Crippen LogP contribution in [0.1, 0.15) is 43.0 Å². The van der Waals surface area contributed by atoms with E-state index in [1.54, 1.807) is 30.3 Å². The van der Waals surface area contributed by atoms with Crippen molar-refractivity contribution in [3.63, 3.8) is 0 Å². The van der Waals surface area contributed by atoms with E-state index in [0.29, 0.717) is 49.0 Å². The second-order valence-electron chi connectivity index (χ2n) is 7.74. The number of carbonyl (C=O) groups is 2. The Morgan fingerprint density at radius 3 is 2.45 bits per heavy atom. The molecule has 1 heterocycles. The summed E-state index contributed by atoms with van der Waals surface area (Å²) in [4.78, 5) is 26.7. The first kappa shape index (κ1) is 24.4. The van der Waals surface area contributed by atoms with E-state index in [9.17, 15) is 14.0 Å². The first-order valence-electron chi connectivity index (χ1n) is 11.4. The van der Waals surface area contributed by atoms with Gasteiger partial charge in [0.2, 0.25) is 0 Å². The summed E-state index contributed by atoms with van der Waals surface area (Å²) in [6.07, 6.45) is 3.81. The monoisotopic (exact) mass is 458 g/mol. The zero-order valence-corrected chi connectivity index (χ0v) is 19.0. The number of carbonyl (C=O) groups excluding carboxylic acids is 2. The Kier molecular flexibility index (Phi) is 9.35. The van der Waals surface area contributed by atoms with Gasteiger partial charge in [0.25, 0.3) is 11.8 Å². The van der Waals surface area contributed by atoms with Crippen molar-refractivity contribution in [1.82, 2.24) is 10.2 Å². The number of likely N-dealkylation sites (tertiary alicyclic amines) is 1. The van der Waals surface area contributed by atoms with E-state index in [0.717, 1.165) is 32.4 Å². The molecule has 8 heteroatoms. The van der Waals surface area contributed by atoms with Crippen molar-refractivity contribution in [2.24, 2.45) is 0 Å². The van der Waals surface area contributed by atoms with Gasteiger partial charge in [0, 0.05) is 25.2 Å². The van der Waals surface area contributed by atoms with E-state index in [4.69, 9.17) is 14.2 Å². The maximum atomic E-state index is 12.9. The molecule has 33 heavy (non-hydrogen) atoms. The zero-order chi connectivity index (χ0) is 23.5. The van der Waals surface area contributed by atoms with Crippen LogP contribution in [0, 0.1) is 5.82 Å². The van der Waals surface area contributed by atoms with Gasteiger partial charge in [-0.05, 0) is 75.1 Å². The molecule has 0 aliphatic carbocycles. The van der Waals surface area contributed by atoms with Gasteiger partial charge in [-0.3, -0.25) is 9.59 Å². The van der Waals surface area contributed by atoms with Gasteiger partial charge >= 0.3 is 0 Å². The summed E-state index contributed by atoms with van der Waals surface area (Å²) >= 11 is 0. The SMILES string of the molecule is CCOc1cc(C(=O)NCCCOc2ccc(F)cc2)ccc1OCC(=O)N1CCCCC1. The van der Waals surface area contributed by atoms with Crippen LogP contribution in [0.15, 0.2) is 42.5 Å². The fourth-order valence-corrected chi connectivity index (χ4v) is 3.51. The molecule has 0 radical (unpaired) electrons. The molecule has 7 nitrogen and oxygen atoms in total. The molecule has 0 spiro atoms. The molecule has 1 saturated heterocycles. The number of benzene rings is 2. The number of hydrogen-bond donors (Lipinski definition) is 1. The largest absolute Gasteiger partial charge is 0.494 e. The quantitative estimate of drug-likeness (QED) is 0.518. The van der Waals surface area contributed by atoms with Gasteiger partial charge in [0.05, 0.1) is 13.2 Å². The first-order chi connectivity index (χ1) is 16.1. The van der Waals surface area contributed by atoms with E-state index in [1.807, 2.05) is 11.8 Å². The third-order valence-electron chi connectivity index (χ3n) is 5.25. The molecule has 1 fully saturated rings. The van der Waals surface area contributed by atoms with E-state index >= 15 is 0 Å². The van der Waals surface area contributed by atoms with Crippen LogP contribution in [0.25, 0.3) is 0 Å². The second-order valence-corrected chi connectivity index (χ2v) is 7.74. The molecule has 0 aromatic heterocycles. The highest BCUT2D eigenvalue weighted by molar-refractivity contribution is 5.94. The summed E-state index contributed by atoms with van der Waals surface area (Å²) in [7, 11) is 0. The minimum Gasteiger partial charge on any atom is -0.494 e. The van der Waals surface area contributed by atoms with Crippen molar-refractivity contribution in [3.8, 4) is 17.2 Å². The summed E-state index contributed by atoms with van der Waals surface area (Å²) in [5.41, 5.74) is 0.438. The van der Waals surface area contributed by atoms with Gasteiger partial charge in [-0.15, -0.1) is 0 Å². The molecular formula is C25H31FN2O5. The Morgan fingerprint density at radius 1 is 0.970 bits per heavy atom. The Balaban J connectivity index is 1.46. The lowest BCUT2D eigenvalue weighted by Crippen LogP contribution is -2.38. The van der Waals surface area contributed by atoms with Crippen LogP contribution in [0.2, 0.25) is 0 Å². The van der Waals surface area contributed by atoms with Gasteiger partial charge < -0.3 is 24.4 Å². The van der Waals surface area contributed by atoms with Crippen LogP contribution >= 0.6 is 0 Å². The molecule has 0 saturated carbocycles. The third kappa shape index (κ3) is 7.66. The maximum Gasteiger partial charge on any atom is 0.260 e. The molecule has 1 N–H and O–H groups in total. The van der Waals surface area contributed by atoms with Gasteiger partial charge in [0.15, 0.2) is 18.1 Å². The summed E-state index contributed by atoms with van der Waals surface area (Å²) in [5.74, 6) is 0.850. The van der Waals surface area contributed by atoms with E-state index < -0.39 is 0 Å². The number of rotatable bonds is 11. The van der Waals surface area contributed by atoms with Gasteiger partial charge in [-0.1, -0.05) is 0 Å². The summed E-state index contributed by atoms with van der Waals surface area (Å²) in [6, 6.07) is 10.7. The molecule has 2 amide bonds. The van der Waals surface area contributed by atoms with Crippen molar-refractivity contribution in [3.05, 3.63) is 53.8 Å². The summed E-state index contributed by atoms with van der Waals surface area (Å²) in [5, 5.41) is 2.84. The smallest absolute Gasteiger partial charge is 0.260 e. The third-order valence-corrected chi connectivity index (χ3v) is 5.25. The highest BCUT2D eigenvalue weighted by Crippen LogP contribution is 2.28. The molecule has 1 aliphatic heterocycles. The number of piperidine rings is 1. The topological polar surface area (TPSA) is 77.1 Å². The molecule has 0 bridgehead atoms. The van der Waals surface area contributed by atoms with Crippen LogP contribution in [-0.4, -0.2) is 56.2 Å². The average Bonchev–Trinajstić information content (AvgIpc) is 2.84. The molecule has 2 aromatic carbocycles. The number of hydrogen-bond acceptors (Lipinski definition) is 5. The predicted molar refractivity (Wildman–Crippen MR) is 122 cm³/mol. The lowest BCUT2D eigenvalue weighted by Gasteiger charge is -2.26. The Morgan fingerprint density at radius 2 is 1.73 bits per heavy atom. The lowest BCUT2D eigenvalue weighted by molar-refractivity contribution is -0.134. The second kappa shape index (κ2) is 12.7. The average molecular weight is 459 g/mol. The Labute approximate surface area is 193 Å². The van der Waals surface area contributed by atoms with Crippen molar-refractivity contribution in [2.75, 3.05) is 39.5 Å². The van der Waals surface area contributed by atoms with Crippen molar-refractivity contribution >= 4 is 11.8 Å². The number of halogens is 1. The lowest BCUT2D eigenvalue weighted by atomic mass is 10.1. The number of nitrogens with zero attached hydrogens (tertiary/aromatic N) is 1. The standard InChI is InChI=1S/C25H31FN2O5/c1-2-31-23-17-19(7-12-22(23)33-18-24(29)28-14-4-3-5-15-28)25(30)27-13-6-16-32-21-10-8-20(26)9-11-21/h7-12,17H,2-6,13-16,18H2,1H3,(H,27,30). The fourth-order valence-electron chi connectivity index (χ4n) is 3.51. The van der Waals surface area contributed by atoms with Crippen LogP contribution < -0.4 is 19.5 Å². The summed E-state index contributed by atoms with van der Waals surface area (Å²) in [6.45, 7) is 4.56. The van der Waals surface area contributed by atoms with Crippen LogP contribution in [-0.2, 0) is 4.79 Å². The number of amides is 2. The van der Waals surface area contributed by atoms with Gasteiger partial charge in [-0.25, -0.2) is 4.39 Å². The minimum atomic E-state index is -0.314. The van der Waals surface area contributed by atoms with Gasteiger partial charge in [0.1, 0.15) is 11.6 Å². The Hall–Kier alpha value is -3.29. The van der Waals surface area contributed by atoms with Crippen molar-refractivity contribution in [2.45, 2.75) is 32.6 Å². The molecule has 0 unspecified atom stereocenters. The predicted octanol–water partition coefficient (Wildman–Crippen LogP) is 3.81. The van der Waals surface area contributed by atoms with E-state index in [-0.39, 0.29) is 24.2 Å². The normalized spacial score (nSPS) is 13.3. The molecule has 2 aromatic rings. The molecule has 0 atom stereocenters. The van der Waals surface area contributed by atoms with Gasteiger partial charge in [-0.2, -0.15) is 0 Å². The molecule has 178 valence electrons. The zero-order valence-electron chi connectivity index (χ0n) is 19.0. The maximum absolute atomic E-state index is 12.9. The van der Waals surface area contributed by atoms with E-state index in [1.165, 1.54) is 12.1 Å². The number of nitrogens with one attached hydrogen (secondary N) is 1. The summed E-state index contributed by atoms with van der Waals surface area (Å²) < 4.78 is 29.8. The highest BCUT2D eigenvalue weighted by Gasteiger charge is 2.18. The van der Waals surface area contributed by atoms with E-state index in [2.05, 4.69) is 5.32 Å². The fraction of sp³-hybridized carbons (Fsp3) is 0.440. The minimum absolute atomic E-state index is 0.0400. The molecule has 3 rings (SSSR count). The van der Waals surface area contributed by atoms with Crippen LogP contribution in [0.3, 0.4) is 0 Å². The first-order valence-corrected chi connectivity index (χ1v) is 11.4. The highest BCUT2D eigenvalue weighted by atomic mass is 19.1. The van der Waals surface area contributed by atoms with Crippen LogP contribution in [0.5, 0.6) is 17.2 Å². The van der Waals surface area contributed by atoms with Crippen molar-refractivity contribution in [1.29, 1.82) is 0 Å².